The van der Waals surface area contributed by atoms with Crippen LogP contribution in [-0.4, -0.2) is 39.6 Å². The number of nitrogens with zero attached hydrogens (tertiary/aromatic N) is 3. The summed E-state index contributed by atoms with van der Waals surface area (Å²) in [5.41, 5.74) is 0.878. The van der Waals surface area contributed by atoms with Gasteiger partial charge in [-0.15, -0.1) is 0 Å². The SMILES string of the molecule is CCC(=O)N(CC[C@@H](CF)NI)[C@@H](c1nc(-c2cc(F)ccc2F)cn1Cc1ccccc1)C(C)(C)C. The summed E-state index contributed by atoms with van der Waals surface area (Å²) in [7, 11) is 0. The van der Waals surface area contributed by atoms with Gasteiger partial charge in [0.05, 0.1) is 11.7 Å². The fourth-order valence-electron chi connectivity index (χ4n) is 4.43. The summed E-state index contributed by atoms with van der Waals surface area (Å²) >= 11 is 1.93. The molecule has 1 amide bonds. The molecule has 1 heterocycles. The lowest BCUT2D eigenvalue weighted by atomic mass is 9.84. The Kier molecular flexibility index (Phi) is 10.2. The van der Waals surface area contributed by atoms with Crippen molar-refractivity contribution < 1.29 is 18.0 Å². The highest BCUT2D eigenvalue weighted by Gasteiger charge is 2.38. The van der Waals surface area contributed by atoms with Crippen LogP contribution in [0.2, 0.25) is 0 Å². The Morgan fingerprint density at radius 1 is 1.16 bits per heavy atom. The summed E-state index contributed by atoms with van der Waals surface area (Å²) in [6.07, 6.45) is 2.40. The van der Waals surface area contributed by atoms with Crippen LogP contribution in [-0.2, 0) is 11.3 Å². The number of imidazole rings is 1. The molecular formula is C28H34F3IN4O. The molecule has 0 spiro atoms. The van der Waals surface area contributed by atoms with Gasteiger partial charge in [0.15, 0.2) is 0 Å². The van der Waals surface area contributed by atoms with Gasteiger partial charge in [0, 0.05) is 60.2 Å². The smallest absolute Gasteiger partial charge is 0.222 e. The molecule has 2 atom stereocenters. The number of hydrogen-bond donors (Lipinski definition) is 1. The van der Waals surface area contributed by atoms with Gasteiger partial charge in [-0.05, 0) is 35.6 Å². The molecule has 1 N–H and O–H groups in total. The Hall–Kier alpha value is -2.40. The lowest BCUT2D eigenvalue weighted by Gasteiger charge is -2.40. The van der Waals surface area contributed by atoms with Crippen molar-refractivity contribution in [1.82, 2.24) is 18.0 Å². The van der Waals surface area contributed by atoms with Crippen LogP contribution in [0.15, 0.2) is 54.7 Å². The minimum Gasteiger partial charge on any atom is -0.332 e. The molecule has 0 radical (unpaired) electrons. The molecule has 37 heavy (non-hydrogen) atoms. The van der Waals surface area contributed by atoms with Crippen LogP contribution in [0.4, 0.5) is 13.2 Å². The van der Waals surface area contributed by atoms with E-state index in [4.69, 9.17) is 4.98 Å². The van der Waals surface area contributed by atoms with E-state index < -0.39 is 35.8 Å². The van der Waals surface area contributed by atoms with Crippen molar-refractivity contribution in [1.29, 1.82) is 0 Å². The van der Waals surface area contributed by atoms with E-state index in [1.165, 1.54) is 0 Å². The van der Waals surface area contributed by atoms with Crippen LogP contribution in [0.25, 0.3) is 11.3 Å². The molecular weight excluding hydrogens is 592 g/mol. The maximum atomic E-state index is 14.8. The second-order valence-electron chi connectivity index (χ2n) is 10.2. The zero-order chi connectivity index (χ0) is 27.2. The third-order valence-electron chi connectivity index (χ3n) is 6.27. The lowest BCUT2D eigenvalue weighted by molar-refractivity contribution is -0.136. The number of aromatic nitrogens is 2. The number of carbonyl (C=O) groups is 1. The highest BCUT2D eigenvalue weighted by Crippen LogP contribution is 2.40. The molecule has 0 aliphatic heterocycles. The molecule has 1 aromatic heterocycles. The van der Waals surface area contributed by atoms with Gasteiger partial charge in [0.2, 0.25) is 5.91 Å². The number of hydrogen-bond acceptors (Lipinski definition) is 3. The van der Waals surface area contributed by atoms with Gasteiger partial charge in [0.25, 0.3) is 0 Å². The Morgan fingerprint density at radius 3 is 2.46 bits per heavy atom. The molecule has 3 aromatic rings. The van der Waals surface area contributed by atoms with Crippen molar-refractivity contribution in [2.24, 2.45) is 5.41 Å². The van der Waals surface area contributed by atoms with Crippen LogP contribution >= 0.6 is 22.9 Å². The highest BCUT2D eigenvalue weighted by atomic mass is 127. The molecule has 5 nitrogen and oxygen atoms in total. The van der Waals surface area contributed by atoms with Gasteiger partial charge >= 0.3 is 0 Å². The Labute approximate surface area is 231 Å². The van der Waals surface area contributed by atoms with Crippen LogP contribution < -0.4 is 3.53 Å². The number of alkyl halides is 1. The van der Waals surface area contributed by atoms with Crippen molar-refractivity contribution in [3.63, 3.8) is 0 Å². The predicted molar refractivity (Wildman–Crippen MR) is 149 cm³/mol. The topological polar surface area (TPSA) is 50.2 Å². The fraction of sp³-hybridized carbons (Fsp3) is 0.429. The summed E-state index contributed by atoms with van der Waals surface area (Å²) in [5.74, 6) is -0.658. The van der Waals surface area contributed by atoms with Gasteiger partial charge < -0.3 is 9.47 Å². The highest BCUT2D eigenvalue weighted by molar-refractivity contribution is 14.1. The molecule has 0 saturated heterocycles. The number of benzene rings is 2. The average molecular weight is 627 g/mol. The van der Waals surface area contributed by atoms with Gasteiger partial charge in [-0.1, -0.05) is 58.0 Å². The van der Waals surface area contributed by atoms with E-state index >= 15 is 0 Å². The van der Waals surface area contributed by atoms with Crippen LogP contribution in [0, 0.1) is 17.0 Å². The van der Waals surface area contributed by atoms with Gasteiger partial charge in [-0.25, -0.2) is 18.2 Å². The van der Waals surface area contributed by atoms with Gasteiger partial charge in [-0.2, -0.15) is 0 Å². The molecule has 9 heteroatoms. The molecule has 2 aromatic carbocycles. The third-order valence-corrected chi connectivity index (χ3v) is 7.15. The van der Waals surface area contributed by atoms with Gasteiger partial charge in [0.1, 0.15) is 24.1 Å². The van der Waals surface area contributed by atoms with E-state index in [2.05, 4.69) is 3.53 Å². The average Bonchev–Trinajstić information content (AvgIpc) is 3.27. The second-order valence-corrected chi connectivity index (χ2v) is 10.8. The Morgan fingerprint density at radius 2 is 1.86 bits per heavy atom. The van der Waals surface area contributed by atoms with Crippen LogP contribution in [0.3, 0.4) is 0 Å². The Bertz CT molecular complexity index is 1180. The number of halogens is 4. The molecule has 0 aliphatic carbocycles. The molecule has 0 aliphatic rings. The Balaban J connectivity index is 2.17. The zero-order valence-electron chi connectivity index (χ0n) is 21.6. The van der Waals surface area contributed by atoms with E-state index in [9.17, 15) is 18.0 Å². The fourth-order valence-corrected chi connectivity index (χ4v) is 4.91. The molecule has 0 unspecified atom stereocenters. The summed E-state index contributed by atoms with van der Waals surface area (Å²) in [6, 6.07) is 12.1. The lowest BCUT2D eigenvalue weighted by Crippen LogP contribution is -2.44. The molecule has 3 rings (SSSR count). The van der Waals surface area contributed by atoms with E-state index in [1.807, 2.05) is 78.5 Å². The summed E-state index contributed by atoms with van der Waals surface area (Å²) in [4.78, 5) is 19.8. The first-order chi connectivity index (χ1) is 17.6. The first kappa shape index (κ1) is 29.2. The largest absolute Gasteiger partial charge is 0.332 e. The third kappa shape index (κ3) is 7.34. The first-order valence-corrected chi connectivity index (χ1v) is 13.4. The number of rotatable bonds is 11. The number of amides is 1. The van der Waals surface area contributed by atoms with E-state index in [0.29, 0.717) is 25.3 Å². The second kappa shape index (κ2) is 12.9. The standard InChI is InChI=1S/C28H34F3IN4O/c1-5-25(37)36(14-13-21(16-29)34-32)26(28(2,3)4)27-33-24(22-15-20(30)11-12-23(22)31)18-35(27)17-19-9-7-6-8-10-19/h6-12,15,18,21,26,34H,5,13-14,16-17H2,1-4H3/t21-,26-/m0/s1. The minimum atomic E-state index is -0.579. The zero-order valence-corrected chi connectivity index (χ0v) is 23.8. The maximum Gasteiger partial charge on any atom is 0.222 e. The van der Waals surface area contributed by atoms with Crippen molar-refractivity contribution >= 4 is 28.8 Å². The van der Waals surface area contributed by atoms with Crippen LogP contribution in [0.1, 0.15) is 58.0 Å². The van der Waals surface area contributed by atoms with Crippen molar-refractivity contribution in [2.45, 2.75) is 59.2 Å². The normalized spacial score (nSPS) is 13.4. The van der Waals surface area contributed by atoms with Gasteiger partial charge in [-0.3, -0.25) is 8.32 Å². The molecule has 0 saturated carbocycles. The summed E-state index contributed by atoms with van der Waals surface area (Å²) in [6.45, 7) is 8.04. The number of nitrogens with one attached hydrogen (secondary N) is 1. The van der Waals surface area contributed by atoms with Crippen LogP contribution in [0.5, 0.6) is 0 Å². The first-order valence-electron chi connectivity index (χ1n) is 12.4. The van der Waals surface area contributed by atoms with Crippen molar-refractivity contribution in [3.8, 4) is 11.3 Å². The quantitative estimate of drug-likeness (QED) is 0.187. The summed E-state index contributed by atoms with van der Waals surface area (Å²) < 4.78 is 47.1. The van der Waals surface area contributed by atoms with Crippen molar-refractivity contribution in [3.05, 3.63) is 77.8 Å². The van der Waals surface area contributed by atoms with E-state index in [0.717, 1.165) is 23.8 Å². The number of carbonyl (C=O) groups excluding carboxylic acids is 1. The van der Waals surface area contributed by atoms with E-state index in [1.54, 1.807) is 18.0 Å². The molecule has 0 bridgehead atoms. The molecule has 0 fully saturated rings. The van der Waals surface area contributed by atoms with E-state index in [-0.39, 0.29) is 23.6 Å². The predicted octanol–water partition coefficient (Wildman–Crippen LogP) is 6.87. The van der Waals surface area contributed by atoms with Crippen molar-refractivity contribution in [2.75, 3.05) is 13.2 Å². The minimum absolute atomic E-state index is 0.0562. The molecule has 200 valence electrons. The summed E-state index contributed by atoms with van der Waals surface area (Å²) in [5, 5.41) is 0. The maximum absolute atomic E-state index is 14.8. The monoisotopic (exact) mass is 626 g/mol.